The minimum atomic E-state index is -0.200. The second-order valence-corrected chi connectivity index (χ2v) is 5.61. The Bertz CT molecular complexity index is 424. The monoisotopic (exact) mass is 279 g/mol. The average Bonchev–Trinajstić information content (AvgIpc) is 2.89. The predicted molar refractivity (Wildman–Crippen MR) is 78.7 cm³/mol. The molecule has 0 aliphatic heterocycles. The fourth-order valence-corrected chi connectivity index (χ4v) is 2.86. The van der Waals surface area contributed by atoms with Crippen molar-refractivity contribution in [2.24, 2.45) is 0 Å². The van der Waals surface area contributed by atoms with Crippen LogP contribution in [0, 0.1) is 0 Å². The first kappa shape index (κ1) is 15.3. The van der Waals surface area contributed by atoms with E-state index in [1.54, 1.807) is 0 Å². The summed E-state index contributed by atoms with van der Waals surface area (Å²) in [5.41, 5.74) is 0.616. The maximum Gasteiger partial charge on any atom is 0.125 e. The fraction of sp³-hybridized carbons (Fsp3) is 0.625. The quantitative estimate of drug-likeness (QED) is 0.713. The molecule has 112 valence electrons. The van der Waals surface area contributed by atoms with Crippen LogP contribution in [-0.4, -0.2) is 35.0 Å². The zero-order valence-electron chi connectivity index (χ0n) is 12.1. The SMILES string of the molecule is CCCNC1(CO)CCC(Oc2ccccc2CO)C1. The Balaban J connectivity index is 1.98. The van der Waals surface area contributed by atoms with E-state index in [0.717, 1.165) is 43.5 Å². The number of ether oxygens (including phenoxy) is 1. The second kappa shape index (κ2) is 7.07. The van der Waals surface area contributed by atoms with Gasteiger partial charge in [-0.3, -0.25) is 0 Å². The van der Waals surface area contributed by atoms with Crippen molar-refractivity contribution >= 4 is 0 Å². The molecule has 0 amide bonds. The van der Waals surface area contributed by atoms with Gasteiger partial charge in [0, 0.05) is 17.5 Å². The second-order valence-electron chi connectivity index (χ2n) is 5.61. The maximum atomic E-state index is 9.67. The molecule has 0 bridgehead atoms. The van der Waals surface area contributed by atoms with Crippen molar-refractivity contribution in [2.45, 2.75) is 50.9 Å². The van der Waals surface area contributed by atoms with Crippen molar-refractivity contribution in [2.75, 3.05) is 13.2 Å². The molecule has 0 heterocycles. The van der Waals surface area contributed by atoms with E-state index in [0.29, 0.717) is 0 Å². The van der Waals surface area contributed by atoms with Gasteiger partial charge >= 0.3 is 0 Å². The molecule has 4 nitrogen and oxygen atoms in total. The van der Waals surface area contributed by atoms with E-state index in [4.69, 9.17) is 4.74 Å². The summed E-state index contributed by atoms with van der Waals surface area (Å²) in [4.78, 5) is 0. The normalized spacial score (nSPS) is 25.9. The summed E-state index contributed by atoms with van der Waals surface area (Å²) in [5.74, 6) is 0.754. The Morgan fingerprint density at radius 3 is 2.85 bits per heavy atom. The first-order valence-corrected chi connectivity index (χ1v) is 7.44. The number of nitrogens with one attached hydrogen (secondary N) is 1. The Kier molecular flexibility index (Phi) is 5.40. The molecule has 0 aromatic heterocycles. The molecule has 1 saturated carbocycles. The van der Waals surface area contributed by atoms with Gasteiger partial charge < -0.3 is 20.3 Å². The lowest BCUT2D eigenvalue weighted by molar-refractivity contribution is 0.139. The molecular weight excluding hydrogens is 254 g/mol. The van der Waals surface area contributed by atoms with Crippen molar-refractivity contribution < 1.29 is 14.9 Å². The highest BCUT2D eigenvalue weighted by Gasteiger charge is 2.39. The molecule has 1 aromatic carbocycles. The number of hydrogen-bond donors (Lipinski definition) is 3. The van der Waals surface area contributed by atoms with Crippen LogP contribution in [0.5, 0.6) is 5.75 Å². The van der Waals surface area contributed by atoms with Gasteiger partial charge in [-0.1, -0.05) is 25.1 Å². The summed E-state index contributed by atoms with van der Waals surface area (Å²) in [6.07, 6.45) is 3.82. The molecule has 1 aliphatic rings. The number of aliphatic hydroxyl groups is 2. The number of benzene rings is 1. The van der Waals surface area contributed by atoms with Gasteiger partial charge in [0.2, 0.25) is 0 Å². The van der Waals surface area contributed by atoms with Crippen molar-refractivity contribution in [1.29, 1.82) is 0 Å². The standard InChI is InChI=1S/C16H25NO3/c1-2-9-17-16(12-19)8-7-14(10-16)20-15-6-4-3-5-13(15)11-18/h3-6,14,17-19H,2,7-12H2,1H3. The lowest BCUT2D eigenvalue weighted by Crippen LogP contribution is -2.47. The topological polar surface area (TPSA) is 61.7 Å². The van der Waals surface area contributed by atoms with Crippen LogP contribution in [0.2, 0.25) is 0 Å². The lowest BCUT2D eigenvalue weighted by atomic mass is 9.98. The third kappa shape index (κ3) is 3.51. The van der Waals surface area contributed by atoms with E-state index < -0.39 is 0 Å². The first-order valence-electron chi connectivity index (χ1n) is 7.44. The highest BCUT2D eigenvalue weighted by Crippen LogP contribution is 2.33. The van der Waals surface area contributed by atoms with Gasteiger partial charge in [-0.15, -0.1) is 0 Å². The third-order valence-electron chi connectivity index (χ3n) is 4.05. The van der Waals surface area contributed by atoms with Gasteiger partial charge in [0.15, 0.2) is 0 Å². The van der Waals surface area contributed by atoms with Crippen molar-refractivity contribution in [3.63, 3.8) is 0 Å². The van der Waals surface area contributed by atoms with E-state index in [1.807, 2.05) is 24.3 Å². The molecule has 0 saturated heterocycles. The fourth-order valence-electron chi connectivity index (χ4n) is 2.86. The third-order valence-corrected chi connectivity index (χ3v) is 4.05. The van der Waals surface area contributed by atoms with E-state index in [9.17, 15) is 10.2 Å². The van der Waals surface area contributed by atoms with E-state index >= 15 is 0 Å². The smallest absolute Gasteiger partial charge is 0.125 e. The molecule has 4 heteroatoms. The van der Waals surface area contributed by atoms with E-state index in [1.165, 1.54) is 0 Å². The molecule has 1 fully saturated rings. The Labute approximate surface area is 120 Å². The maximum absolute atomic E-state index is 9.67. The molecule has 0 radical (unpaired) electrons. The Morgan fingerprint density at radius 1 is 1.35 bits per heavy atom. The zero-order chi connectivity index (χ0) is 14.4. The van der Waals surface area contributed by atoms with Crippen molar-refractivity contribution in [3.05, 3.63) is 29.8 Å². The van der Waals surface area contributed by atoms with Gasteiger partial charge in [-0.2, -0.15) is 0 Å². The van der Waals surface area contributed by atoms with Crippen LogP contribution in [0.15, 0.2) is 24.3 Å². The van der Waals surface area contributed by atoms with Gasteiger partial charge in [0.05, 0.1) is 13.2 Å². The van der Waals surface area contributed by atoms with Gasteiger partial charge in [0.1, 0.15) is 11.9 Å². The summed E-state index contributed by atoms with van der Waals surface area (Å²) in [5, 5.41) is 22.5. The highest BCUT2D eigenvalue weighted by molar-refractivity contribution is 5.33. The number of hydrogen-bond acceptors (Lipinski definition) is 4. The minimum Gasteiger partial charge on any atom is -0.490 e. The van der Waals surface area contributed by atoms with Crippen molar-refractivity contribution in [1.82, 2.24) is 5.32 Å². The predicted octanol–water partition coefficient (Wildman–Crippen LogP) is 1.84. The molecule has 2 rings (SSSR count). The summed E-state index contributed by atoms with van der Waals surface area (Å²) < 4.78 is 6.02. The number of para-hydroxylation sites is 1. The number of aliphatic hydroxyl groups excluding tert-OH is 2. The molecule has 2 unspecified atom stereocenters. The van der Waals surface area contributed by atoms with Crippen LogP contribution in [0.25, 0.3) is 0 Å². The van der Waals surface area contributed by atoms with E-state index in [-0.39, 0.29) is 24.9 Å². The molecule has 3 N–H and O–H groups in total. The first-order chi connectivity index (χ1) is 9.73. The van der Waals surface area contributed by atoms with Crippen LogP contribution < -0.4 is 10.1 Å². The van der Waals surface area contributed by atoms with Gasteiger partial charge in [-0.25, -0.2) is 0 Å². The van der Waals surface area contributed by atoms with E-state index in [2.05, 4.69) is 12.2 Å². The summed E-state index contributed by atoms with van der Waals surface area (Å²) in [6.45, 7) is 3.18. The zero-order valence-corrected chi connectivity index (χ0v) is 12.1. The lowest BCUT2D eigenvalue weighted by Gasteiger charge is -2.28. The molecule has 0 spiro atoms. The summed E-state index contributed by atoms with van der Waals surface area (Å²) in [6, 6.07) is 7.58. The summed E-state index contributed by atoms with van der Waals surface area (Å²) in [7, 11) is 0. The van der Waals surface area contributed by atoms with Crippen LogP contribution in [0.1, 0.15) is 38.2 Å². The molecule has 1 aliphatic carbocycles. The van der Waals surface area contributed by atoms with Gasteiger partial charge in [0.25, 0.3) is 0 Å². The highest BCUT2D eigenvalue weighted by atomic mass is 16.5. The molecule has 2 atom stereocenters. The van der Waals surface area contributed by atoms with Crippen LogP contribution >= 0.6 is 0 Å². The van der Waals surface area contributed by atoms with Crippen LogP contribution in [0.4, 0.5) is 0 Å². The van der Waals surface area contributed by atoms with Crippen LogP contribution in [0.3, 0.4) is 0 Å². The largest absolute Gasteiger partial charge is 0.490 e. The minimum absolute atomic E-state index is 0.0118. The summed E-state index contributed by atoms with van der Waals surface area (Å²) >= 11 is 0. The van der Waals surface area contributed by atoms with Crippen molar-refractivity contribution in [3.8, 4) is 5.75 Å². The molecule has 1 aromatic rings. The van der Waals surface area contributed by atoms with Crippen LogP contribution in [-0.2, 0) is 6.61 Å². The average molecular weight is 279 g/mol. The Hall–Kier alpha value is -1.10. The molecule has 20 heavy (non-hydrogen) atoms. The Morgan fingerprint density at radius 2 is 2.15 bits per heavy atom. The number of rotatable bonds is 7. The van der Waals surface area contributed by atoms with Gasteiger partial charge in [-0.05, 0) is 31.9 Å². The molecular formula is C16H25NO3.